The number of rotatable bonds is 5. The third-order valence-corrected chi connectivity index (χ3v) is 3.72. The van der Waals surface area contributed by atoms with Gasteiger partial charge in [0.25, 0.3) is 5.91 Å². The van der Waals surface area contributed by atoms with E-state index in [0.717, 1.165) is 18.4 Å². The number of carbonyl (C=O) groups excluding carboxylic acids is 1. The molecule has 1 atom stereocenters. The van der Waals surface area contributed by atoms with E-state index in [2.05, 4.69) is 5.32 Å². The van der Waals surface area contributed by atoms with Gasteiger partial charge in [0.15, 0.2) is 6.61 Å². The molecule has 0 bridgehead atoms. The van der Waals surface area contributed by atoms with Crippen LogP contribution in [0.2, 0.25) is 0 Å². The molecule has 0 unspecified atom stereocenters. The van der Waals surface area contributed by atoms with Crippen LogP contribution in [-0.4, -0.2) is 18.6 Å². The van der Waals surface area contributed by atoms with Gasteiger partial charge in [-0.25, -0.2) is 0 Å². The highest BCUT2D eigenvalue weighted by molar-refractivity contribution is 5.77. The minimum Gasteiger partial charge on any atom is -0.484 e. The van der Waals surface area contributed by atoms with Crippen LogP contribution in [0.5, 0.6) is 5.75 Å². The number of hydrogen-bond acceptors (Lipinski definition) is 3. The lowest BCUT2D eigenvalue weighted by Crippen LogP contribution is -2.38. The zero-order chi connectivity index (χ0) is 14.4. The van der Waals surface area contributed by atoms with Crippen molar-refractivity contribution >= 4 is 5.91 Å². The van der Waals surface area contributed by atoms with Crippen LogP contribution in [0, 0.1) is 0 Å². The molecule has 4 heteroatoms. The molecule has 1 aromatic carbocycles. The monoisotopic (exact) mass is 276 g/mol. The van der Waals surface area contributed by atoms with Gasteiger partial charge in [-0.2, -0.15) is 0 Å². The first-order valence-electron chi connectivity index (χ1n) is 7.43. The van der Waals surface area contributed by atoms with Gasteiger partial charge in [-0.05, 0) is 37.5 Å². The second kappa shape index (κ2) is 7.29. The number of hydrogen-bond donors (Lipinski definition) is 2. The summed E-state index contributed by atoms with van der Waals surface area (Å²) in [4.78, 5) is 11.8. The number of amides is 1. The van der Waals surface area contributed by atoms with Crippen molar-refractivity contribution in [2.24, 2.45) is 5.73 Å². The van der Waals surface area contributed by atoms with Crippen molar-refractivity contribution in [3.63, 3.8) is 0 Å². The summed E-state index contributed by atoms with van der Waals surface area (Å²) in [5.41, 5.74) is 6.84. The van der Waals surface area contributed by atoms with Gasteiger partial charge in [0.1, 0.15) is 5.75 Å². The van der Waals surface area contributed by atoms with E-state index in [1.165, 1.54) is 19.3 Å². The molecule has 2 rings (SSSR count). The minimum absolute atomic E-state index is 0.0328. The summed E-state index contributed by atoms with van der Waals surface area (Å²) < 4.78 is 5.53. The van der Waals surface area contributed by atoms with Crippen LogP contribution in [0.3, 0.4) is 0 Å². The Kier molecular flexibility index (Phi) is 5.41. The first kappa shape index (κ1) is 14.9. The van der Waals surface area contributed by atoms with Crippen LogP contribution < -0.4 is 15.8 Å². The molecule has 1 aliphatic carbocycles. The molecule has 0 radical (unpaired) electrons. The molecule has 1 aliphatic rings. The second-order valence-electron chi connectivity index (χ2n) is 5.55. The van der Waals surface area contributed by atoms with E-state index in [9.17, 15) is 4.79 Å². The fraction of sp³-hybridized carbons (Fsp3) is 0.562. The Hall–Kier alpha value is -1.55. The zero-order valence-electron chi connectivity index (χ0n) is 12.1. The Labute approximate surface area is 120 Å². The highest BCUT2D eigenvalue weighted by atomic mass is 16.5. The average Bonchev–Trinajstić information content (AvgIpc) is 2.46. The molecule has 0 aliphatic heterocycles. The smallest absolute Gasteiger partial charge is 0.258 e. The lowest BCUT2D eigenvalue weighted by Gasteiger charge is -2.22. The van der Waals surface area contributed by atoms with E-state index in [4.69, 9.17) is 10.5 Å². The Balaban J connectivity index is 1.79. The molecule has 110 valence electrons. The Morgan fingerprint density at radius 3 is 2.85 bits per heavy atom. The van der Waals surface area contributed by atoms with E-state index in [1.807, 2.05) is 31.2 Å². The van der Waals surface area contributed by atoms with Crippen LogP contribution in [-0.2, 0) is 4.79 Å². The largest absolute Gasteiger partial charge is 0.484 e. The predicted octanol–water partition coefficient (Wildman–Crippen LogP) is 2.53. The average molecular weight is 276 g/mol. The molecule has 1 amide bonds. The molecule has 3 N–H and O–H groups in total. The maximum atomic E-state index is 11.8. The van der Waals surface area contributed by atoms with Gasteiger partial charge < -0.3 is 15.8 Å². The Morgan fingerprint density at radius 2 is 2.15 bits per heavy atom. The lowest BCUT2D eigenvalue weighted by atomic mass is 9.95. The summed E-state index contributed by atoms with van der Waals surface area (Å²) in [6.45, 7) is 1.99. The normalized spacial score (nSPS) is 17.5. The third kappa shape index (κ3) is 4.53. The molecule has 20 heavy (non-hydrogen) atoms. The second-order valence-corrected chi connectivity index (χ2v) is 5.55. The first-order chi connectivity index (χ1) is 9.65. The Bertz CT molecular complexity index is 440. The number of carbonyl (C=O) groups is 1. The molecule has 0 heterocycles. The molecule has 0 spiro atoms. The predicted molar refractivity (Wildman–Crippen MR) is 79.6 cm³/mol. The molecule has 1 saturated carbocycles. The minimum atomic E-state index is -0.0388. The fourth-order valence-electron chi connectivity index (χ4n) is 2.55. The van der Waals surface area contributed by atoms with Crippen molar-refractivity contribution < 1.29 is 9.53 Å². The van der Waals surface area contributed by atoms with E-state index < -0.39 is 0 Å². The van der Waals surface area contributed by atoms with Gasteiger partial charge >= 0.3 is 0 Å². The summed E-state index contributed by atoms with van der Waals surface area (Å²) in [5, 5.41) is 3.04. The van der Waals surface area contributed by atoms with Gasteiger partial charge in [-0.1, -0.05) is 31.4 Å². The van der Waals surface area contributed by atoms with Crippen molar-refractivity contribution in [3.05, 3.63) is 29.8 Å². The lowest BCUT2D eigenvalue weighted by molar-refractivity contribution is -0.124. The number of benzene rings is 1. The summed E-state index contributed by atoms with van der Waals surface area (Å²) >= 11 is 0. The van der Waals surface area contributed by atoms with Crippen molar-refractivity contribution in [2.45, 2.75) is 51.1 Å². The highest BCUT2D eigenvalue weighted by Crippen LogP contribution is 2.18. The number of ether oxygens (including phenoxy) is 1. The maximum Gasteiger partial charge on any atom is 0.258 e. The van der Waals surface area contributed by atoms with E-state index in [1.54, 1.807) is 0 Å². The van der Waals surface area contributed by atoms with Crippen LogP contribution in [0.1, 0.15) is 50.6 Å². The topological polar surface area (TPSA) is 64.3 Å². The van der Waals surface area contributed by atoms with Gasteiger partial charge in [0.2, 0.25) is 0 Å². The van der Waals surface area contributed by atoms with Crippen molar-refractivity contribution in [3.8, 4) is 5.75 Å². The number of nitrogens with one attached hydrogen (secondary N) is 1. The van der Waals surface area contributed by atoms with Gasteiger partial charge in [0.05, 0.1) is 0 Å². The van der Waals surface area contributed by atoms with Gasteiger partial charge in [0, 0.05) is 12.1 Å². The molecular formula is C16H24N2O2. The van der Waals surface area contributed by atoms with Crippen molar-refractivity contribution in [2.75, 3.05) is 6.61 Å². The molecule has 0 saturated heterocycles. The standard InChI is InChI=1S/C16H24N2O2/c1-12(17)13-6-5-9-15(10-13)20-11-16(19)18-14-7-3-2-4-8-14/h5-6,9-10,12,14H,2-4,7-8,11,17H2,1H3,(H,18,19)/t12-/m0/s1. The van der Waals surface area contributed by atoms with E-state index in [0.29, 0.717) is 11.8 Å². The quantitative estimate of drug-likeness (QED) is 0.868. The molecule has 0 aromatic heterocycles. The number of nitrogens with two attached hydrogens (primary N) is 1. The zero-order valence-corrected chi connectivity index (χ0v) is 12.1. The summed E-state index contributed by atoms with van der Waals surface area (Å²) in [7, 11) is 0. The van der Waals surface area contributed by atoms with Crippen LogP contribution in [0.4, 0.5) is 0 Å². The van der Waals surface area contributed by atoms with Crippen LogP contribution in [0.25, 0.3) is 0 Å². The van der Waals surface area contributed by atoms with Gasteiger partial charge in [-0.15, -0.1) is 0 Å². The third-order valence-electron chi connectivity index (χ3n) is 3.72. The highest BCUT2D eigenvalue weighted by Gasteiger charge is 2.15. The van der Waals surface area contributed by atoms with Crippen LogP contribution in [0.15, 0.2) is 24.3 Å². The first-order valence-corrected chi connectivity index (χ1v) is 7.43. The molecular weight excluding hydrogens is 252 g/mol. The molecule has 1 fully saturated rings. The van der Waals surface area contributed by atoms with E-state index >= 15 is 0 Å². The summed E-state index contributed by atoms with van der Waals surface area (Å²) in [5.74, 6) is 0.654. The van der Waals surface area contributed by atoms with Crippen molar-refractivity contribution in [1.82, 2.24) is 5.32 Å². The van der Waals surface area contributed by atoms with Gasteiger partial charge in [-0.3, -0.25) is 4.79 Å². The fourth-order valence-corrected chi connectivity index (χ4v) is 2.55. The van der Waals surface area contributed by atoms with Crippen LogP contribution >= 0.6 is 0 Å². The Morgan fingerprint density at radius 1 is 1.40 bits per heavy atom. The summed E-state index contributed by atoms with van der Waals surface area (Å²) in [6, 6.07) is 7.88. The molecule has 1 aromatic rings. The van der Waals surface area contributed by atoms with E-state index in [-0.39, 0.29) is 18.6 Å². The molecule has 4 nitrogen and oxygen atoms in total. The maximum absolute atomic E-state index is 11.8. The summed E-state index contributed by atoms with van der Waals surface area (Å²) in [6.07, 6.45) is 5.88. The van der Waals surface area contributed by atoms with Crippen molar-refractivity contribution in [1.29, 1.82) is 0 Å². The SMILES string of the molecule is C[C@H](N)c1cccc(OCC(=O)NC2CCCCC2)c1.